The number of hydrogen-bond donors (Lipinski definition) is 2. The Morgan fingerprint density at radius 3 is 2.52 bits per heavy atom. The van der Waals surface area contributed by atoms with Gasteiger partial charge in [-0.2, -0.15) is 0 Å². The average molecular weight is 537 g/mol. The van der Waals surface area contributed by atoms with E-state index in [9.17, 15) is 9.59 Å². The second-order valence-electron chi connectivity index (χ2n) is 6.48. The van der Waals surface area contributed by atoms with Gasteiger partial charge in [0.05, 0.1) is 29.7 Å². The Morgan fingerprint density at radius 1 is 1.21 bits per heavy atom. The molecule has 162 valence electrons. The Bertz CT molecular complexity index is 694. The number of halogens is 2. The maximum Gasteiger partial charge on any atom is 0.309 e. The molecule has 1 aliphatic heterocycles. The van der Waals surface area contributed by atoms with Gasteiger partial charge in [0.25, 0.3) is 5.91 Å². The summed E-state index contributed by atoms with van der Waals surface area (Å²) in [6.45, 7) is 7.39. The number of carbonyl (C=O) groups excluding carboxylic acids is 2. The number of aliphatic imine (C=N–C) groups is 1. The Hall–Kier alpha value is -1.55. The van der Waals surface area contributed by atoms with Gasteiger partial charge in [0.15, 0.2) is 5.96 Å². The molecule has 0 atom stereocenters. The summed E-state index contributed by atoms with van der Waals surface area (Å²) in [5.41, 5.74) is 0.459. The molecule has 7 nitrogen and oxygen atoms in total. The first-order valence-electron chi connectivity index (χ1n) is 9.79. The van der Waals surface area contributed by atoms with Gasteiger partial charge in [-0.05, 0) is 38.8 Å². The van der Waals surface area contributed by atoms with E-state index in [1.807, 2.05) is 13.8 Å². The van der Waals surface area contributed by atoms with Crippen molar-refractivity contribution in [2.24, 2.45) is 10.9 Å². The maximum atomic E-state index is 12.2. The fourth-order valence-electron chi connectivity index (χ4n) is 3.08. The van der Waals surface area contributed by atoms with Crippen LogP contribution >= 0.6 is 35.6 Å². The highest BCUT2D eigenvalue weighted by Crippen LogP contribution is 2.19. The van der Waals surface area contributed by atoms with E-state index in [1.54, 1.807) is 24.3 Å². The Balaban J connectivity index is 0.00000420. The molecule has 1 saturated heterocycles. The fraction of sp³-hybridized carbons (Fsp3) is 0.550. The monoisotopic (exact) mass is 536 g/mol. The molecule has 1 heterocycles. The molecule has 1 aliphatic rings. The number of nitrogens with one attached hydrogen (secondary N) is 2. The highest BCUT2D eigenvalue weighted by Gasteiger charge is 2.27. The fourth-order valence-corrected chi connectivity index (χ4v) is 3.31. The van der Waals surface area contributed by atoms with Crippen molar-refractivity contribution in [3.05, 3.63) is 34.9 Å². The van der Waals surface area contributed by atoms with Gasteiger partial charge in [-0.3, -0.25) is 14.6 Å². The lowest BCUT2D eigenvalue weighted by molar-refractivity contribution is -0.149. The van der Waals surface area contributed by atoms with Crippen molar-refractivity contribution < 1.29 is 14.3 Å². The first-order valence-corrected chi connectivity index (χ1v) is 10.2. The predicted octanol–water partition coefficient (Wildman–Crippen LogP) is 2.93. The zero-order chi connectivity index (χ0) is 20.4. The van der Waals surface area contributed by atoms with E-state index in [0.717, 1.165) is 38.4 Å². The number of guanidine groups is 1. The molecule has 1 aromatic carbocycles. The molecule has 1 aromatic rings. The molecule has 1 fully saturated rings. The van der Waals surface area contributed by atoms with Crippen molar-refractivity contribution in [3.63, 3.8) is 0 Å². The largest absolute Gasteiger partial charge is 0.466 e. The third kappa shape index (κ3) is 8.00. The molecule has 0 aliphatic carbocycles. The third-order valence-electron chi connectivity index (χ3n) is 4.53. The smallest absolute Gasteiger partial charge is 0.309 e. The summed E-state index contributed by atoms with van der Waals surface area (Å²) in [4.78, 5) is 30.8. The van der Waals surface area contributed by atoms with Crippen molar-refractivity contribution in [2.75, 3.05) is 39.3 Å². The maximum absolute atomic E-state index is 12.2. The molecular weight excluding hydrogens is 507 g/mol. The molecule has 29 heavy (non-hydrogen) atoms. The number of rotatable bonds is 7. The van der Waals surface area contributed by atoms with Crippen molar-refractivity contribution >= 4 is 53.4 Å². The molecule has 0 saturated carbocycles. The first-order chi connectivity index (χ1) is 13.6. The van der Waals surface area contributed by atoms with Crippen molar-refractivity contribution in [2.45, 2.75) is 26.7 Å². The molecule has 0 unspecified atom stereocenters. The van der Waals surface area contributed by atoms with Crippen LogP contribution < -0.4 is 10.6 Å². The molecule has 9 heteroatoms. The van der Waals surface area contributed by atoms with Crippen LogP contribution in [0.25, 0.3) is 0 Å². The molecule has 0 aromatic heterocycles. The van der Waals surface area contributed by atoms with Crippen LogP contribution in [0, 0.1) is 5.92 Å². The van der Waals surface area contributed by atoms with Crippen LogP contribution in [0.1, 0.15) is 37.0 Å². The second-order valence-corrected chi connectivity index (χ2v) is 6.89. The van der Waals surface area contributed by atoms with Crippen LogP contribution in [0.5, 0.6) is 0 Å². The summed E-state index contributed by atoms with van der Waals surface area (Å²) in [6, 6.07) is 6.95. The Labute approximate surface area is 194 Å². The summed E-state index contributed by atoms with van der Waals surface area (Å²) in [5.74, 6) is 0.457. The first kappa shape index (κ1) is 25.5. The zero-order valence-corrected chi connectivity index (χ0v) is 20.0. The van der Waals surface area contributed by atoms with Crippen LogP contribution in [0.4, 0.5) is 0 Å². The van der Waals surface area contributed by atoms with Gasteiger partial charge >= 0.3 is 5.97 Å². The molecule has 0 spiro atoms. The van der Waals surface area contributed by atoms with Gasteiger partial charge in [-0.25, -0.2) is 0 Å². The number of benzene rings is 1. The van der Waals surface area contributed by atoms with Gasteiger partial charge in [0, 0.05) is 26.2 Å². The molecule has 2 N–H and O–H groups in total. The van der Waals surface area contributed by atoms with Gasteiger partial charge in [-0.15, -0.1) is 24.0 Å². The van der Waals surface area contributed by atoms with Gasteiger partial charge < -0.3 is 20.3 Å². The minimum absolute atomic E-state index is 0. The van der Waals surface area contributed by atoms with E-state index >= 15 is 0 Å². The number of likely N-dealkylation sites (tertiary alicyclic amines) is 1. The van der Waals surface area contributed by atoms with Gasteiger partial charge in [-0.1, -0.05) is 23.7 Å². The van der Waals surface area contributed by atoms with Crippen LogP contribution in [0.2, 0.25) is 5.02 Å². The summed E-state index contributed by atoms with van der Waals surface area (Å²) in [7, 11) is 0. The van der Waals surface area contributed by atoms with E-state index in [1.165, 1.54) is 0 Å². The molecular formula is C20H30ClIN4O3. The summed E-state index contributed by atoms with van der Waals surface area (Å²) < 4.78 is 5.12. The number of amides is 1. The minimum atomic E-state index is -0.207. The van der Waals surface area contributed by atoms with E-state index in [2.05, 4.69) is 20.5 Å². The lowest BCUT2D eigenvalue weighted by Gasteiger charge is -2.33. The number of hydrogen-bond acceptors (Lipinski definition) is 4. The molecule has 1 amide bonds. The Morgan fingerprint density at radius 2 is 1.90 bits per heavy atom. The zero-order valence-electron chi connectivity index (χ0n) is 16.9. The summed E-state index contributed by atoms with van der Waals surface area (Å²) >= 11 is 6.04. The van der Waals surface area contributed by atoms with Crippen LogP contribution in [-0.4, -0.2) is 62.1 Å². The van der Waals surface area contributed by atoms with E-state index in [-0.39, 0.29) is 41.8 Å². The van der Waals surface area contributed by atoms with Crippen LogP contribution in [0.15, 0.2) is 29.3 Å². The van der Waals surface area contributed by atoms with Crippen molar-refractivity contribution in [1.29, 1.82) is 0 Å². The lowest BCUT2D eigenvalue weighted by atomic mass is 9.97. The highest BCUT2D eigenvalue weighted by molar-refractivity contribution is 14.0. The number of carbonyl (C=O) groups is 2. The van der Waals surface area contributed by atoms with E-state index < -0.39 is 0 Å². The SMILES string of the molecule is CCNC(=NCCNC(=O)c1ccccc1Cl)N1CCC(C(=O)OCC)CC1.I. The Kier molecular flexibility index (Phi) is 12.0. The quantitative estimate of drug-likeness (QED) is 0.184. The number of esters is 1. The van der Waals surface area contributed by atoms with E-state index in [4.69, 9.17) is 16.3 Å². The van der Waals surface area contributed by atoms with Crippen molar-refractivity contribution in [3.8, 4) is 0 Å². The molecule has 0 radical (unpaired) electrons. The van der Waals surface area contributed by atoms with Crippen molar-refractivity contribution in [1.82, 2.24) is 15.5 Å². The average Bonchev–Trinajstić information content (AvgIpc) is 2.71. The second kappa shape index (κ2) is 13.6. The normalized spacial score (nSPS) is 14.7. The predicted molar refractivity (Wildman–Crippen MR) is 126 cm³/mol. The van der Waals surface area contributed by atoms with Crippen LogP contribution in [0.3, 0.4) is 0 Å². The number of ether oxygens (including phenoxy) is 1. The lowest BCUT2D eigenvalue weighted by Crippen LogP contribution is -2.47. The number of piperidine rings is 1. The van der Waals surface area contributed by atoms with Gasteiger partial charge in [0.2, 0.25) is 0 Å². The molecule has 0 bridgehead atoms. The minimum Gasteiger partial charge on any atom is -0.466 e. The summed E-state index contributed by atoms with van der Waals surface area (Å²) in [6.07, 6.45) is 1.51. The summed E-state index contributed by atoms with van der Waals surface area (Å²) in [5, 5.41) is 6.55. The third-order valence-corrected chi connectivity index (χ3v) is 4.86. The topological polar surface area (TPSA) is 83.0 Å². The van der Waals surface area contributed by atoms with E-state index in [0.29, 0.717) is 30.3 Å². The highest BCUT2D eigenvalue weighted by atomic mass is 127. The standard InChI is InChI=1S/C20H29ClN4O3.HI/c1-3-22-20(25-13-9-15(10-14-25)19(27)28-4-2)24-12-11-23-18(26)16-7-5-6-8-17(16)21;/h5-8,15H,3-4,9-14H2,1-2H3,(H,22,24)(H,23,26);1H. The molecule has 2 rings (SSSR count). The number of nitrogens with zero attached hydrogens (tertiary/aromatic N) is 2. The van der Waals surface area contributed by atoms with Crippen LogP contribution in [-0.2, 0) is 9.53 Å². The van der Waals surface area contributed by atoms with Gasteiger partial charge in [0.1, 0.15) is 0 Å².